The summed E-state index contributed by atoms with van der Waals surface area (Å²) in [5.74, 6) is 0.595. The molecule has 0 aliphatic rings. The lowest BCUT2D eigenvalue weighted by Gasteiger charge is -2.18. The number of ether oxygens (including phenoxy) is 2. The summed E-state index contributed by atoms with van der Waals surface area (Å²) in [6, 6.07) is 9.19. The first kappa shape index (κ1) is 17.0. The van der Waals surface area contributed by atoms with Crippen LogP contribution in [0.15, 0.2) is 36.5 Å². The molecule has 0 saturated heterocycles. The lowest BCUT2D eigenvalue weighted by molar-refractivity contribution is 0.0884. The molecule has 1 N–H and O–H groups in total. The molecule has 1 amide bonds. The maximum absolute atomic E-state index is 12.8. The third-order valence-electron chi connectivity index (χ3n) is 4.34. The van der Waals surface area contributed by atoms with Gasteiger partial charge in [0.25, 0.3) is 5.91 Å². The molecule has 1 atom stereocenters. The number of hydrogen-bond donors (Lipinski definition) is 1. The highest BCUT2D eigenvalue weighted by Gasteiger charge is 2.21. The first-order valence-electron chi connectivity index (χ1n) is 7.96. The van der Waals surface area contributed by atoms with E-state index in [4.69, 9.17) is 9.47 Å². The number of nitrogens with one attached hydrogen (secondary N) is 1. The summed E-state index contributed by atoms with van der Waals surface area (Å²) in [5, 5.41) is 8.15. The number of carbonyl (C=O) groups is 1. The minimum absolute atomic E-state index is 0.166. The molecule has 7 heteroatoms. The average Bonchev–Trinajstić information content (AvgIpc) is 3.17. The Kier molecular flexibility index (Phi) is 4.76. The predicted octanol–water partition coefficient (Wildman–Crippen LogP) is 2.04. The Balaban J connectivity index is 1.90. The van der Waals surface area contributed by atoms with Gasteiger partial charge in [-0.2, -0.15) is 5.10 Å². The second kappa shape index (κ2) is 6.98. The van der Waals surface area contributed by atoms with Gasteiger partial charge in [0.15, 0.2) is 0 Å². The van der Waals surface area contributed by atoms with Gasteiger partial charge in [0.05, 0.1) is 25.5 Å². The maximum atomic E-state index is 12.8. The fourth-order valence-corrected chi connectivity index (χ4v) is 3.00. The molecule has 1 aromatic carbocycles. The highest BCUT2D eigenvalue weighted by Crippen LogP contribution is 2.24. The first-order chi connectivity index (χ1) is 12.0. The molecule has 0 unspecified atom stereocenters. The van der Waals surface area contributed by atoms with Crippen molar-refractivity contribution in [2.75, 3.05) is 20.8 Å². The molecule has 0 radical (unpaired) electrons. The van der Waals surface area contributed by atoms with E-state index in [0.717, 1.165) is 22.3 Å². The number of rotatable bonds is 6. The van der Waals surface area contributed by atoms with Gasteiger partial charge in [-0.3, -0.25) is 9.48 Å². The Labute approximate surface area is 146 Å². The van der Waals surface area contributed by atoms with Crippen LogP contribution in [0.25, 0.3) is 10.9 Å². The van der Waals surface area contributed by atoms with E-state index in [2.05, 4.69) is 10.4 Å². The summed E-state index contributed by atoms with van der Waals surface area (Å²) in [6.07, 6.45) is 1.70. The van der Waals surface area contributed by atoms with Crippen LogP contribution >= 0.6 is 0 Å². The quantitative estimate of drug-likeness (QED) is 0.744. The number of fused-ring (bicyclic) bond motifs is 1. The number of methoxy groups -OCH3 is 2. The van der Waals surface area contributed by atoms with Crippen LogP contribution in [0.1, 0.15) is 22.2 Å². The van der Waals surface area contributed by atoms with Gasteiger partial charge in [-0.05, 0) is 30.3 Å². The molecule has 0 spiro atoms. The number of nitrogens with zero attached hydrogens (tertiary/aromatic N) is 3. The van der Waals surface area contributed by atoms with E-state index in [1.807, 2.05) is 49.0 Å². The van der Waals surface area contributed by atoms with Crippen molar-refractivity contribution in [1.82, 2.24) is 19.7 Å². The highest BCUT2D eigenvalue weighted by atomic mass is 16.5. The van der Waals surface area contributed by atoms with E-state index in [1.165, 1.54) is 0 Å². The summed E-state index contributed by atoms with van der Waals surface area (Å²) in [6.45, 7) is 0.364. The third kappa shape index (κ3) is 3.23. The van der Waals surface area contributed by atoms with Crippen LogP contribution in [0.2, 0.25) is 0 Å². The van der Waals surface area contributed by atoms with E-state index >= 15 is 0 Å². The van der Waals surface area contributed by atoms with Crippen molar-refractivity contribution in [3.8, 4) is 5.75 Å². The second-order valence-electron chi connectivity index (χ2n) is 5.87. The van der Waals surface area contributed by atoms with Crippen molar-refractivity contribution in [2.45, 2.75) is 6.04 Å². The van der Waals surface area contributed by atoms with E-state index in [1.54, 1.807) is 25.1 Å². The second-order valence-corrected chi connectivity index (χ2v) is 5.87. The zero-order chi connectivity index (χ0) is 18.0. The summed E-state index contributed by atoms with van der Waals surface area (Å²) < 4.78 is 14.1. The van der Waals surface area contributed by atoms with Crippen LogP contribution in [0.4, 0.5) is 0 Å². The van der Waals surface area contributed by atoms with E-state index in [0.29, 0.717) is 12.3 Å². The van der Waals surface area contributed by atoms with Crippen LogP contribution in [0.5, 0.6) is 5.75 Å². The minimum atomic E-state index is -0.280. The molecule has 2 aromatic heterocycles. The van der Waals surface area contributed by atoms with Gasteiger partial charge >= 0.3 is 0 Å². The Morgan fingerprint density at radius 3 is 2.68 bits per heavy atom. The Hall–Kier alpha value is -2.80. The molecule has 25 heavy (non-hydrogen) atoms. The van der Waals surface area contributed by atoms with Crippen molar-refractivity contribution >= 4 is 16.8 Å². The molecule has 7 nitrogen and oxygen atoms in total. The monoisotopic (exact) mass is 342 g/mol. The van der Waals surface area contributed by atoms with Gasteiger partial charge in [-0.1, -0.05) is 0 Å². The molecule has 2 heterocycles. The van der Waals surface area contributed by atoms with Crippen molar-refractivity contribution < 1.29 is 14.3 Å². The highest BCUT2D eigenvalue weighted by molar-refractivity contribution is 5.99. The molecule has 132 valence electrons. The van der Waals surface area contributed by atoms with Crippen molar-refractivity contribution in [3.63, 3.8) is 0 Å². The van der Waals surface area contributed by atoms with Crippen LogP contribution in [-0.4, -0.2) is 41.1 Å². The van der Waals surface area contributed by atoms with Crippen LogP contribution < -0.4 is 10.1 Å². The summed E-state index contributed by atoms with van der Waals surface area (Å²) in [4.78, 5) is 12.8. The topological polar surface area (TPSA) is 70.3 Å². The summed E-state index contributed by atoms with van der Waals surface area (Å²) in [5.41, 5.74) is 2.43. The molecule has 3 rings (SSSR count). The minimum Gasteiger partial charge on any atom is -0.497 e. The van der Waals surface area contributed by atoms with Gasteiger partial charge in [0, 0.05) is 38.3 Å². The molecule has 0 aliphatic heterocycles. The van der Waals surface area contributed by atoms with Gasteiger partial charge < -0.3 is 19.4 Å². The van der Waals surface area contributed by atoms with Gasteiger partial charge in [0.1, 0.15) is 11.4 Å². The summed E-state index contributed by atoms with van der Waals surface area (Å²) in [7, 11) is 6.95. The maximum Gasteiger partial charge on any atom is 0.268 e. The molecular weight excluding hydrogens is 320 g/mol. The summed E-state index contributed by atoms with van der Waals surface area (Å²) >= 11 is 0. The normalized spacial score (nSPS) is 12.3. The SMILES string of the molecule is COC[C@@H](NC(=O)c1cc2cc(OC)ccc2n1C)c1ccnn1C. The molecule has 0 bridgehead atoms. The average molecular weight is 342 g/mol. The number of aryl methyl sites for hydroxylation is 2. The lowest BCUT2D eigenvalue weighted by Crippen LogP contribution is -2.33. The van der Waals surface area contributed by atoms with E-state index < -0.39 is 0 Å². The van der Waals surface area contributed by atoms with Crippen molar-refractivity contribution in [3.05, 3.63) is 47.9 Å². The molecule has 0 saturated carbocycles. The van der Waals surface area contributed by atoms with Crippen molar-refractivity contribution in [2.24, 2.45) is 14.1 Å². The Bertz CT molecular complexity index is 897. The molecule has 3 aromatic rings. The first-order valence-corrected chi connectivity index (χ1v) is 7.96. The van der Waals surface area contributed by atoms with Crippen LogP contribution in [-0.2, 0) is 18.8 Å². The Morgan fingerprint density at radius 1 is 1.24 bits per heavy atom. The van der Waals surface area contributed by atoms with Gasteiger partial charge in [-0.25, -0.2) is 0 Å². The van der Waals surface area contributed by atoms with E-state index in [-0.39, 0.29) is 11.9 Å². The van der Waals surface area contributed by atoms with Gasteiger partial charge in [-0.15, -0.1) is 0 Å². The van der Waals surface area contributed by atoms with Crippen molar-refractivity contribution in [1.29, 1.82) is 0 Å². The Morgan fingerprint density at radius 2 is 2.04 bits per heavy atom. The fourth-order valence-electron chi connectivity index (χ4n) is 3.00. The number of aromatic nitrogens is 3. The lowest BCUT2D eigenvalue weighted by atomic mass is 10.2. The number of carbonyl (C=O) groups excluding carboxylic acids is 1. The third-order valence-corrected chi connectivity index (χ3v) is 4.34. The molecule has 0 aliphatic carbocycles. The molecule has 0 fully saturated rings. The van der Waals surface area contributed by atoms with Crippen LogP contribution in [0.3, 0.4) is 0 Å². The largest absolute Gasteiger partial charge is 0.497 e. The number of benzene rings is 1. The zero-order valence-electron chi connectivity index (χ0n) is 14.8. The fraction of sp³-hybridized carbons (Fsp3) is 0.333. The van der Waals surface area contributed by atoms with E-state index in [9.17, 15) is 4.79 Å². The predicted molar refractivity (Wildman–Crippen MR) is 94.8 cm³/mol. The number of hydrogen-bond acceptors (Lipinski definition) is 4. The van der Waals surface area contributed by atoms with Crippen LogP contribution in [0, 0.1) is 0 Å². The number of amides is 1. The zero-order valence-corrected chi connectivity index (χ0v) is 14.8. The molecular formula is C18H22N4O3. The van der Waals surface area contributed by atoms with Gasteiger partial charge in [0.2, 0.25) is 0 Å². The smallest absolute Gasteiger partial charge is 0.268 e. The standard InChI is InChI=1S/C18H22N4O3/c1-21-15-6-5-13(25-4)9-12(15)10-17(21)18(23)20-14(11-24-3)16-7-8-19-22(16)2/h5-10,14H,11H2,1-4H3,(H,20,23)/t14-/m1/s1.